The maximum Gasteiger partial charge on any atom is 0.0198 e. The smallest absolute Gasteiger partial charge is 0.0198 e. The molecule has 0 amide bonds. The lowest BCUT2D eigenvalue weighted by Crippen LogP contribution is -2.50. The van der Waals surface area contributed by atoms with E-state index in [1.54, 1.807) is 0 Å². The van der Waals surface area contributed by atoms with Gasteiger partial charge in [0.2, 0.25) is 0 Å². The van der Waals surface area contributed by atoms with Crippen LogP contribution in [0.15, 0.2) is 0 Å². The molecular formula is C15H28N2. The van der Waals surface area contributed by atoms with Crippen LogP contribution in [0.2, 0.25) is 0 Å². The lowest BCUT2D eigenvalue weighted by molar-refractivity contribution is 0.137. The lowest BCUT2D eigenvalue weighted by atomic mass is 9.85. The third-order valence-corrected chi connectivity index (χ3v) is 4.87. The molecule has 2 unspecified atom stereocenters. The van der Waals surface area contributed by atoms with Gasteiger partial charge in [-0.25, -0.2) is 0 Å². The number of hydrogen-bond acceptors (Lipinski definition) is 2. The summed E-state index contributed by atoms with van der Waals surface area (Å²) < 4.78 is 0. The molecular weight excluding hydrogens is 208 g/mol. The molecule has 3 aliphatic rings. The Kier molecular flexibility index (Phi) is 3.72. The van der Waals surface area contributed by atoms with Gasteiger partial charge in [0, 0.05) is 25.7 Å². The molecule has 1 saturated heterocycles. The summed E-state index contributed by atoms with van der Waals surface area (Å²) in [7, 11) is 0. The molecule has 0 bridgehead atoms. The minimum absolute atomic E-state index is 0.776. The summed E-state index contributed by atoms with van der Waals surface area (Å²) in [6.07, 6.45) is 8.80. The van der Waals surface area contributed by atoms with E-state index in [1.807, 2.05) is 0 Å². The summed E-state index contributed by atoms with van der Waals surface area (Å²) in [6.45, 7) is 7.75. The summed E-state index contributed by atoms with van der Waals surface area (Å²) in [5.41, 5.74) is 0. The minimum Gasteiger partial charge on any atom is -0.312 e. The van der Waals surface area contributed by atoms with Crippen molar-refractivity contribution in [3.63, 3.8) is 0 Å². The van der Waals surface area contributed by atoms with E-state index in [9.17, 15) is 0 Å². The van der Waals surface area contributed by atoms with E-state index in [-0.39, 0.29) is 0 Å². The monoisotopic (exact) mass is 236 g/mol. The molecule has 2 aliphatic carbocycles. The molecule has 98 valence electrons. The molecule has 2 heteroatoms. The molecule has 1 aliphatic heterocycles. The van der Waals surface area contributed by atoms with Crippen LogP contribution in [-0.2, 0) is 0 Å². The van der Waals surface area contributed by atoms with E-state index >= 15 is 0 Å². The minimum atomic E-state index is 0.776. The van der Waals surface area contributed by atoms with Crippen LogP contribution in [0.3, 0.4) is 0 Å². The fraction of sp³-hybridized carbons (Fsp3) is 1.00. The second-order valence-electron chi connectivity index (χ2n) is 6.90. The van der Waals surface area contributed by atoms with Crippen molar-refractivity contribution in [1.29, 1.82) is 0 Å². The molecule has 17 heavy (non-hydrogen) atoms. The van der Waals surface area contributed by atoms with Gasteiger partial charge in [0.05, 0.1) is 0 Å². The first-order valence-electron chi connectivity index (χ1n) is 7.75. The summed E-state index contributed by atoms with van der Waals surface area (Å²) in [5, 5.41) is 3.84. The lowest BCUT2D eigenvalue weighted by Gasteiger charge is -2.38. The van der Waals surface area contributed by atoms with Gasteiger partial charge in [-0.15, -0.1) is 0 Å². The fourth-order valence-corrected chi connectivity index (χ4v) is 3.45. The molecule has 2 saturated carbocycles. The largest absolute Gasteiger partial charge is 0.312 e. The summed E-state index contributed by atoms with van der Waals surface area (Å²) >= 11 is 0. The Bertz CT molecular complexity index is 243. The van der Waals surface area contributed by atoms with Crippen LogP contribution >= 0.6 is 0 Å². The molecule has 1 N–H and O–H groups in total. The highest BCUT2D eigenvalue weighted by Gasteiger charge is 2.30. The molecule has 0 aromatic carbocycles. The molecule has 2 nitrogen and oxygen atoms in total. The van der Waals surface area contributed by atoms with Crippen LogP contribution in [0, 0.1) is 17.8 Å². The highest BCUT2D eigenvalue weighted by atomic mass is 15.2. The standard InChI is InChI=1S/C15H28N2/c1-12-7-15(16-8-13-3-2-4-13)11-17(9-12)10-14-5-6-14/h12-16H,2-11H2,1H3. The third-order valence-electron chi connectivity index (χ3n) is 4.87. The second kappa shape index (κ2) is 5.27. The van der Waals surface area contributed by atoms with Gasteiger partial charge in [-0.1, -0.05) is 13.3 Å². The highest BCUT2D eigenvalue weighted by molar-refractivity contribution is 4.86. The van der Waals surface area contributed by atoms with Crippen molar-refractivity contribution >= 4 is 0 Å². The number of nitrogens with one attached hydrogen (secondary N) is 1. The van der Waals surface area contributed by atoms with Gasteiger partial charge < -0.3 is 10.2 Å². The fourth-order valence-electron chi connectivity index (χ4n) is 3.45. The van der Waals surface area contributed by atoms with E-state index in [1.165, 1.54) is 64.7 Å². The van der Waals surface area contributed by atoms with Gasteiger partial charge in [-0.3, -0.25) is 0 Å². The first-order valence-corrected chi connectivity index (χ1v) is 7.75. The topological polar surface area (TPSA) is 15.3 Å². The van der Waals surface area contributed by atoms with Crippen molar-refractivity contribution in [3.8, 4) is 0 Å². The predicted octanol–water partition coefficient (Wildman–Crippen LogP) is 2.50. The van der Waals surface area contributed by atoms with Crippen LogP contribution in [0.5, 0.6) is 0 Å². The quantitative estimate of drug-likeness (QED) is 0.789. The van der Waals surface area contributed by atoms with Crippen LogP contribution in [0.25, 0.3) is 0 Å². The summed E-state index contributed by atoms with van der Waals surface area (Å²) in [6, 6.07) is 0.776. The number of likely N-dealkylation sites (tertiary alicyclic amines) is 1. The number of piperidine rings is 1. The zero-order valence-electron chi connectivity index (χ0n) is 11.3. The Morgan fingerprint density at radius 2 is 1.88 bits per heavy atom. The highest BCUT2D eigenvalue weighted by Crippen LogP contribution is 2.31. The Morgan fingerprint density at radius 3 is 2.53 bits per heavy atom. The van der Waals surface area contributed by atoms with Crippen LogP contribution in [0.4, 0.5) is 0 Å². The van der Waals surface area contributed by atoms with E-state index in [0.717, 1.165) is 23.8 Å². The van der Waals surface area contributed by atoms with Crippen LogP contribution in [-0.4, -0.2) is 37.1 Å². The van der Waals surface area contributed by atoms with Crippen molar-refractivity contribution < 1.29 is 0 Å². The first kappa shape index (κ1) is 12.0. The van der Waals surface area contributed by atoms with E-state index in [0.29, 0.717) is 0 Å². The number of hydrogen-bond donors (Lipinski definition) is 1. The number of rotatable bonds is 5. The van der Waals surface area contributed by atoms with E-state index in [4.69, 9.17) is 0 Å². The van der Waals surface area contributed by atoms with Crippen LogP contribution in [0.1, 0.15) is 45.4 Å². The Balaban J connectivity index is 1.42. The Morgan fingerprint density at radius 1 is 1.06 bits per heavy atom. The SMILES string of the molecule is CC1CC(NCC2CCC2)CN(CC2CC2)C1. The van der Waals surface area contributed by atoms with Gasteiger partial charge in [0.25, 0.3) is 0 Å². The molecule has 3 rings (SSSR count). The average molecular weight is 236 g/mol. The molecule has 0 aromatic rings. The molecule has 2 atom stereocenters. The zero-order chi connectivity index (χ0) is 11.7. The van der Waals surface area contributed by atoms with Crippen molar-refractivity contribution in [3.05, 3.63) is 0 Å². The maximum absolute atomic E-state index is 3.84. The van der Waals surface area contributed by atoms with Crippen molar-refractivity contribution in [2.45, 2.75) is 51.5 Å². The van der Waals surface area contributed by atoms with Gasteiger partial charge in [-0.05, 0) is 56.4 Å². The molecule has 0 aromatic heterocycles. The summed E-state index contributed by atoms with van der Waals surface area (Å²) in [4.78, 5) is 2.73. The van der Waals surface area contributed by atoms with Gasteiger partial charge in [0.1, 0.15) is 0 Å². The molecule has 0 radical (unpaired) electrons. The molecule has 0 spiro atoms. The van der Waals surface area contributed by atoms with Gasteiger partial charge in [-0.2, -0.15) is 0 Å². The number of nitrogens with zero attached hydrogens (tertiary/aromatic N) is 1. The van der Waals surface area contributed by atoms with Crippen molar-refractivity contribution in [2.24, 2.45) is 17.8 Å². The zero-order valence-corrected chi connectivity index (χ0v) is 11.3. The van der Waals surface area contributed by atoms with Gasteiger partial charge >= 0.3 is 0 Å². The average Bonchev–Trinajstić information content (AvgIpc) is 2.98. The maximum atomic E-state index is 3.84. The van der Waals surface area contributed by atoms with E-state index < -0.39 is 0 Å². The summed E-state index contributed by atoms with van der Waals surface area (Å²) in [5.74, 6) is 2.94. The van der Waals surface area contributed by atoms with Gasteiger partial charge in [0.15, 0.2) is 0 Å². The normalized spacial score (nSPS) is 35.8. The van der Waals surface area contributed by atoms with E-state index in [2.05, 4.69) is 17.1 Å². The molecule has 1 heterocycles. The Hall–Kier alpha value is -0.0800. The predicted molar refractivity (Wildman–Crippen MR) is 72.1 cm³/mol. The third kappa shape index (κ3) is 3.45. The van der Waals surface area contributed by atoms with Crippen molar-refractivity contribution in [2.75, 3.05) is 26.2 Å². The second-order valence-corrected chi connectivity index (χ2v) is 6.90. The first-order chi connectivity index (χ1) is 8.29. The van der Waals surface area contributed by atoms with Crippen LogP contribution < -0.4 is 5.32 Å². The molecule has 3 fully saturated rings. The Labute approximate surface area is 106 Å². The van der Waals surface area contributed by atoms with Crippen molar-refractivity contribution in [1.82, 2.24) is 10.2 Å².